The van der Waals surface area contributed by atoms with Gasteiger partial charge in [-0.25, -0.2) is 14.4 Å². The Morgan fingerprint density at radius 2 is 1.30 bits per heavy atom. The first-order valence-electron chi connectivity index (χ1n) is 8.79. The Hall–Kier alpha value is -2.41. The molecule has 0 fully saturated rings. The summed E-state index contributed by atoms with van der Waals surface area (Å²) in [5.74, 6) is -2.21. The van der Waals surface area contributed by atoms with E-state index in [0.29, 0.717) is 0 Å². The van der Waals surface area contributed by atoms with Crippen molar-refractivity contribution in [3.63, 3.8) is 0 Å². The minimum atomic E-state index is -1.17. The summed E-state index contributed by atoms with van der Waals surface area (Å²) in [6.45, 7) is 9.78. The molecule has 0 unspecified atom stereocenters. The predicted molar refractivity (Wildman–Crippen MR) is 97.6 cm³/mol. The van der Waals surface area contributed by atoms with Gasteiger partial charge in [-0.05, 0) is 47.1 Å². The Morgan fingerprint density at radius 3 is 1.81 bits per heavy atom. The minimum Gasteiger partial charge on any atom is -0.458 e. The van der Waals surface area contributed by atoms with Crippen LogP contribution in [0.15, 0.2) is 30.3 Å². The molecule has 0 radical (unpaired) electrons. The van der Waals surface area contributed by atoms with Gasteiger partial charge in [0.1, 0.15) is 6.61 Å². The molecule has 7 heteroatoms. The van der Waals surface area contributed by atoms with E-state index < -0.39 is 41.8 Å². The van der Waals surface area contributed by atoms with Gasteiger partial charge in [0.25, 0.3) is 0 Å². The molecule has 0 bridgehead atoms. The van der Waals surface area contributed by atoms with Crippen LogP contribution in [0.1, 0.15) is 47.1 Å². The van der Waals surface area contributed by atoms with E-state index >= 15 is 0 Å². The van der Waals surface area contributed by atoms with Gasteiger partial charge in [-0.1, -0.05) is 30.3 Å². The van der Waals surface area contributed by atoms with Gasteiger partial charge in [0.15, 0.2) is 18.3 Å². The summed E-state index contributed by atoms with van der Waals surface area (Å²) in [4.78, 5) is 35.9. The molecule has 0 saturated heterocycles. The van der Waals surface area contributed by atoms with Crippen LogP contribution in [0, 0.1) is 0 Å². The highest BCUT2D eigenvalue weighted by Gasteiger charge is 2.29. The molecule has 1 rings (SSSR count). The molecule has 0 aliphatic rings. The number of carbonyl (C=O) groups is 3. The first-order valence-corrected chi connectivity index (χ1v) is 8.79. The molecule has 0 aromatic heterocycles. The van der Waals surface area contributed by atoms with E-state index in [4.69, 9.17) is 18.9 Å². The van der Waals surface area contributed by atoms with Crippen molar-refractivity contribution >= 4 is 17.9 Å². The van der Waals surface area contributed by atoms with E-state index in [-0.39, 0.29) is 6.61 Å². The second-order valence-corrected chi connectivity index (χ2v) is 7.12. The maximum atomic E-state index is 12.0. The highest BCUT2D eigenvalue weighted by Crippen LogP contribution is 2.13. The van der Waals surface area contributed by atoms with Crippen LogP contribution in [0.4, 0.5) is 0 Å². The van der Waals surface area contributed by atoms with Gasteiger partial charge in [0.2, 0.25) is 0 Å². The van der Waals surface area contributed by atoms with Crippen molar-refractivity contribution < 1.29 is 33.3 Å². The fraction of sp³-hybridized carbons (Fsp3) is 0.550. The zero-order valence-corrected chi connectivity index (χ0v) is 16.7. The average Bonchev–Trinajstić information content (AvgIpc) is 2.58. The lowest BCUT2D eigenvalue weighted by atomic mass is 10.2. The Kier molecular flexibility index (Phi) is 8.43. The van der Waals surface area contributed by atoms with Gasteiger partial charge in [0, 0.05) is 0 Å². The standard InChI is InChI=1S/C20H28O7/c1-13(17(21)24-12-16-10-8-7-9-11-16)25-18(22)14(2)26-19(23)15(3)27-20(4,5)6/h7-11,13-15H,12H2,1-6H3/t13-,14-,15-/m0/s1. The van der Waals surface area contributed by atoms with Crippen LogP contribution in [0.2, 0.25) is 0 Å². The number of ether oxygens (including phenoxy) is 4. The van der Waals surface area contributed by atoms with Gasteiger partial charge in [-0.2, -0.15) is 0 Å². The van der Waals surface area contributed by atoms with Gasteiger partial charge in [-0.3, -0.25) is 0 Å². The summed E-state index contributed by atoms with van der Waals surface area (Å²) in [6, 6.07) is 9.13. The van der Waals surface area contributed by atoms with E-state index in [1.807, 2.05) is 30.3 Å². The molecule has 0 N–H and O–H groups in total. The first kappa shape index (κ1) is 22.6. The largest absolute Gasteiger partial charge is 0.458 e. The summed E-state index contributed by atoms with van der Waals surface area (Å²) in [6.07, 6.45) is -3.13. The van der Waals surface area contributed by atoms with E-state index in [0.717, 1.165) is 5.56 Å². The zero-order valence-electron chi connectivity index (χ0n) is 16.7. The number of carbonyl (C=O) groups excluding carboxylic acids is 3. The topological polar surface area (TPSA) is 88.1 Å². The number of hydrogen-bond donors (Lipinski definition) is 0. The Labute approximate surface area is 159 Å². The molecule has 0 amide bonds. The molecule has 7 nitrogen and oxygen atoms in total. The van der Waals surface area contributed by atoms with Crippen molar-refractivity contribution in [2.75, 3.05) is 0 Å². The van der Waals surface area contributed by atoms with Crippen molar-refractivity contribution in [2.24, 2.45) is 0 Å². The monoisotopic (exact) mass is 380 g/mol. The van der Waals surface area contributed by atoms with E-state index in [1.165, 1.54) is 20.8 Å². The van der Waals surface area contributed by atoms with E-state index in [2.05, 4.69) is 0 Å². The molecule has 0 aliphatic carbocycles. The average molecular weight is 380 g/mol. The molecule has 0 aliphatic heterocycles. The van der Waals surface area contributed by atoms with Gasteiger partial charge < -0.3 is 18.9 Å². The molecule has 1 aromatic rings. The van der Waals surface area contributed by atoms with Gasteiger partial charge in [0.05, 0.1) is 5.60 Å². The number of hydrogen-bond acceptors (Lipinski definition) is 7. The van der Waals surface area contributed by atoms with Crippen LogP contribution in [-0.4, -0.2) is 41.8 Å². The third-order valence-electron chi connectivity index (χ3n) is 3.34. The van der Waals surface area contributed by atoms with Crippen LogP contribution >= 0.6 is 0 Å². The SMILES string of the molecule is C[C@H](OC(=O)[C@H](C)OC(=O)[C@H](C)OC(C)(C)C)C(=O)OCc1ccccc1. The van der Waals surface area contributed by atoms with Crippen molar-refractivity contribution in [2.45, 2.75) is 72.1 Å². The quantitative estimate of drug-likeness (QED) is 0.506. The zero-order chi connectivity index (χ0) is 20.6. The lowest BCUT2D eigenvalue weighted by molar-refractivity contribution is -0.183. The highest BCUT2D eigenvalue weighted by molar-refractivity contribution is 5.83. The smallest absolute Gasteiger partial charge is 0.347 e. The van der Waals surface area contributed by atoms with Crippen LogP contribution < -0.4 is 0 Å². The molecule has 150 valence electrons. The summed E-state index contributed by atoms with van der Waals surface area (Å²) in [5, 5.41) is 0. The first-order chi connectivity index (χ1) is 12.5. The molecule has 3 atom stereocenters. The molecule has 27 heavy (non-hydrogen) atoms. The van der Waals surface area contributed by atoms with Crippen molar-refractivity contribution in [1.29, 1.82) is 0 Å². The Morgan fingerprint density at radius 1 is 0.815 bits per heavy atom. The lowest BCUT2D eigenvalue weighted by Gasteiger charge is -2.24. The molecular formula is C20H28O7. The summed E-state index contributed by atoms with van der Waals surface area (Å²) < 4.78 is 20.6. The second kappa shape index (κ2) is 10.1. The molecule has 1 aromatic carbocycles. The maximum absolute atomic E-state index is 12.0. The van der Waals surface area contributed by atoms with Crippen LogP contribution in [0.3, 0.4) is 0 Å². The summed E-state index contributed by atoms with van der Waals surface area (Å²) in [7, 11) is 0. The summed E-state index contributed by atoms with van der Waals surface area (Å²) >= 11 is 0. The number of benzene rings is 1. The molecule has 0 spiro atoms. The fourth-order valence-electron chi connectivity index (χ4n) is 2.06. The highest BCUT2D eigenvalue weighted by atomic mass is 16.6. The number of esters is 3. The molecule has 0 heterocycles. The van der Waals surface area contributed by atoms with Crippen LogP contribution in [-0.2, 0) is 39.9 Å². The van der Waals surface area contributed by atoms with Gasteiger partial charge >= 0.3 is 17.9 Å². The fourth-order valence-corrected chi connectivity index (χ4v) is 2.06. The molecule has 0 saturated carbocycles. The van der Waals surface area contributed by atoms with Gasteiger partial charge in [-0.15, -0.1) is 0 Å². The predicted octanol–water partition coefficient (Wildman–Crippen LogP) is 2.80. The molecular weight excluding hydrogens is 352 g/mol. The maximum Gasteiger partial charge on any atom is 0.347 e. The summed E-state index contributed by atoms with van der Waals surface area (Å²) in [5.41, 5.74) is 0.290. The van der Waals surface area contributed by atoms with Crippen LogP contribution in [0.25, 0.3) is 0 Å². The third-order valence-corrected chi connectivity index (χ3v) is 3.34. The number of rotatable bonds is 8. The Balaban J connectivity index is 2.44. The van der Waals surface area contributed by atoms with Crippen molar-refractivity contribution in [3.8, 4) is 0 Å². The lowest BCUT2D eigenvalue weighted by Crippen LogP contribution is -2.37. The normalized spacial score (nSPS) is 14.6. The van der Waals surface area contributed by atoms with Crippen LogP contribution in [0.5, 0.6) is 0 Å². The minimum absolute atomic E-state index is 0.0771. The van der Waals surface area contributed by atoms with E-state index in [9.17, 15) is 14.4 Å². The van der Waals surface area contributed by atoms with Crippen molar-refractivity contribution in [3.05, 3.63) is 35.9 Å². The second-order valence-electron chi connectivity index (χ2n) is 7.12. The van der Waals surface area contributed by atoms with E-state index in [1.54, 1.807) is 20.8 Å². The third kappa shape index (κ3) is 8.68. The Bertz CT molecular complexity index is 633. The van der Waals surface area contributed by atoms with Crippen molar-refractivity contribution in [1.82, 2.24) is 0 Å².